The zero-order valence-corrected chi connectivity index (χ0v) is 18.1. The quantitative estimate of drug-likeness (QED) is 0.280. The number of likely N-dealkylation sites (N-methyl/N-ethyl adjacent to an activating group) is 1. The number of hydrogen-bond acceptors (Lipinski definition) is 2. The van der Waals surface area contributed by atoms with Gasteiger partial charge < -0.3 is 15.5 Å². The van der Waals surface area contributed by atoms with Crippen LogP contribution in [0.15, 0.2) is 17.1 Å². The molecule has 5 nitrogen and oxygen atoms in total. The van der Waals surface area contributed by atoms with Crippen molar-refractivity contribution >= 4 is 59.0 Å². The summed E-state index contributed by atoms with van der Waals surface area (Å²) in [6.45, 7) is 1.87. The molecule has 1 unspecified atom stereocenters. The first-order valence-corrected chi connectivity index (χ1v) is 8.45. The van der Waals surface area contributed by atoms with Crippen molar-refractivity contribution in [2.75, 3.05) is 20.6 Å². The Morgan fingerprint density at radius 3 is 2.56 bits per heavy atom. The van der Waals surface area contributed by atoms with Gasteiger partial charge in [-0.3, -0.25) is 4.79 Å². The van der Waals surface area contributed by atoms with E-state index < -0.39 is 5.82 Å². The molecule has 1 saturated carbocycles. The van der Waals surface area contributed by atoms with Crippen molar-refractivity contribution in [2.45, 2.75) is 31.8 Å². The molecule has 0 bridgehead atoms. The molecule has 0 radical (unpaired) electrons. The molecule has 25 heavy (non-hydrogen) atoms. The number of aliphatic imine (C=N–C) groups is 1. The first-order valence-electron chi connectivity index (χ1n) is 7.70. The van der Waals surface area contributed by atoms with E-state index in [1.807, 2.05) is 6.92 Å². The summed E-state index contributed by atoms with van der Waals surface area (Å²) in [4.78, 5) is 17.5. The Morgan fingerprint density at radius 2 is 2.00 bits per heavy atom. The minimum absolute atomic E-state index is 0. The smallest absolute Gasteiger partial charge is 0.243 e. The Kier molecular flexibility index (Phi) is 8.70. The van der Waals surface area contributed by atoms with Crippen LogP contribution in [-0.2, 0) is 4.79 Å². The van der Waals surface area contributed by atoms with Gasteiger partial charge in [-0.15, -0.1) is 24.0 Å². The van der Waals surface area contributed by atoms with Gasteiger partial charge in [0.2, 0.25) is 5.91 Å². The molecule has 1 aromatic rings. The molecule has 2 N–H and O–H groups in total. The second-order valence-corrected chi connectivity index (χ2v) is 6.84. The maximum absolute atomic E-state index is 13.7. The van der Waals surface area contributed by atoms with Gasteiger partial charge in [-0.2, -0.15) is 0 Å². The van der Waals surface area contributed by atoms with Gasteiger partial charge in [0.1, 0.15) is 12.4 Å². The van der Waals surface area contributed by atoms with Gasteiger partial charge in [0.15, 0.2) is 5.96 Å². The van der Waals surface area contributed by atoms with Crippen LogP contribution in [0, 0.1) is 5.82 Å². The maximum atomic E-state index is 13.7. The second-order valence-electron chi connectivity index (χ2n) is 6.03. The normalized spacial score (nSPS) is 15.2. The van der Waals surface area contributed by atoms with Crippen LogP contribution in [-0.4, -0.2) is 43.4 Å². The van der Waals surface area contributed by atoms with E-state index in [1.54, 1.807) is 14.1 Å². The lowest BCUT2D eigenvalue weighted by molar-refractivity contribution is -0.127. The lowest BCUT2D eigenvalue weighted by atomic mass is 10.1. The molecule has 0 heterocycles. The largest absolute Gasteiger partial charge is 0.354 e. The van der Waals surface area contributed by atoms with Crippen molar-refractivity contribution < 1.29 is 9.18 Å². The number of nitrogens with zero attached hydrogens (tertiary/aromatic N) is 2. The molecule has 1 aliphatic rings. The van der Waals surface area contributed by atoms with Crippen LogP contribution in [0.3, 0.4) is 0 Å². The van der Waals surface area contributed by atoms with Crippen LogP contribution in [0.5, 0.6) is 0 Å². The molecule has 1 amide bonds. The summed E-state index contributed by atoms with van der Waals surface area (Å²) in [5.41, 5.74) is 0.572. The molecule has 1 atom stereocenters. The van der Waals surface area contributed by atoms with E-state index in [0.717, 1.165) is 12.8 Å². The van der Waals surface area contributed by atoms with Crippen molar-refractivity contribution in [3.05, 3.63) is 33.6 Å². The SMILES string of the molecule is CC(NC(=NCC(=O)N(C)C)NC1CC1)c1cc(F)c(Cl)cc1Cl.I. The number of benzene rings is 1. The molecule has 0 spiro atoms. The van der Waals surface area contributed by atoms with Crippen LogP contribution in [0.2, 0.25) is 10.0 Å². The fourth-order valence-electron chi connectivity index (χ4n) is 1.99. The fraction of sp³-hybridized carbons (Fsp3) is 0.500. The molecule has 140 valence electrons. The lowest BCUT2D eigenvalue weighted by Crippen LogP contribution is -2.41. The summed E-state index contributed by atoms with van der Waals surface area (Å²) in [5, 5.41) is 6.75. The van der Waals surface area contributed by atoms with Crippen LogP contribution in [0.4, 0.5) is 4.39 Å². The van der Waals surface area contributed by atoms with Gasteiger partial charge in [-0.25, -0.2) is 9.38 Å². The summed E-state index contributed by atoms with van der Waals surface area (Å²) in [5.74, 6) is -0.122. The number of nitrogens with one attached hydrogen (secondary N) is 2. The molecule has 9 heteroatoms. The highest BCUT2D eigenvalue weighted by Gasteiger charge is 2.24. The van der Waals surface area contributed by atoms with Crippen molar-refractivity contribution in [3.63, 3.8) is 0 Å². The molecule has 0 saturated heterocycles. The number of halogens is 4. The number of carbonyl (C=O) groups is 1. The summed E-state index contributed by atoms with van der Waals surface area (Å²) in [6.07, 6.45) is 2.13. The Labute approximate surface area is 174 Å². The van der Waals surface area contributed by atoms with Crippen molar-refractivity contribution in [1.82, 2.24) is 15.5 Å². The fourth-order valence-corrected chi connectivity index (χ4v) is 2.54. The first kappa shape index (κ1) is 22.2. The average molecular weight is 503 g/mol. The lowest BCUT2D eigenvalue weighted by Gasteiger charge is -2.20. The molecule has 1 fully saturated rings. The minimum atomic E-state index is -0.527. The highest BCUT2D eigenvalue weighted by molar-refractivity contribution is 14.0. The van der Waals surface area contributed by atoms with E-state index in [9.17, 15) is 9.18 Å². The Bertz CT molecular complexity index is 653. The monoisotopic (exact) mass is 502 g/mol. The standard InChI is InChI=1S/C16H21Cl2FN4O.HI/c1-9(11-6-14(19)13(18)7-12(11)17)21-16(22-10-4-5-10)20-8-15(24)23(2)3;/h6-7,9-10H,4-5,8H2,1-3H3,(H2,20,21,22);1H. The minimum Gasteiger partial charge on any atom is -0.354 e. The average Bonchev–Trinajstić information content (AvgIpc) is 3.31. The van der Waals surface area contributed by atoms with Gasteiger partial charge >= 0.3 is 0 Å². The number of hydrogen-bond donors (Lipinski definition) is 2. The van der Waals surface area contributed by atoms with Crippen LogP contribution < -0.4 is 10.6 Å². The Morgan fingerprint density at radius 1 is 1.36 bits per heavy atom. The zero-order chi connectivity index (χ0) is 17.9. The third-order valence-electron chi connectivity index (χ3n) is 3.65. The predicted octanol–water partition coefficient (Wildman–Crippen LogP) is 3.60. The van der Waals surface area contributed by atoms with Crippen molar-refractivity contribution in [2.24, 2.45) is 4.99 Å². The Hall–Kier alpha value is -0.800. The molecule has 1 aliphatic carbocycles. The summed E-state index contributed by atoms with van der Waals surface area (Å²) >= 11 is 11.9. The second kappa shape index (κ2) is 9.78. The van der Waals surface area contributed by atoms with Gasteiger partial charge in [0.25, 0.3) is 0 Å². The number of amides is 1. The van der Waals surface area contributed by atoms with E-state index in [1.165, 1.54) is 17.0 Å². The number of guanidine groups is 1. The number of carbonyl (C=O) groups excluding carboxylic acids is 1. The molecular weight excluding hydrogens is 481 g/mol. The third-order valence-corrected chi connectivity index (χ3v) is 4.27. The Balaban J connectivity index is 0.00000312. The highest BCUT2D eigenvalue weighted by atomic mass is 127. The van der Waals surface area contributed by atoms with E-state index >= 15 is 0 Å². The zero-order valence-electron chi connectivity index (χ0n) is 14.3. The molecule has 0 aliphatic heterocycles. The maximum Gasteiger partial charge on any atom is 0.243 e. The van der Waals surface area contributed by atoms with Gasteiger partial charge in [0, 0.05) is 25.2 Å². The van der Waals surface area contributed by atoms with E-state index in [-0.39, 0.29) is 47.5 Å². The van der Waals surface area contributed by atoms with E-state index in [4.69, 9.17) is 23.2 Å². The summed E-state index contributed by atoms with van der Waals surface area (Å²) < 4.78 is 13.7. The van der Waals surface area contributed by atoms with Crippen LogP contribution in [0.25, 0.3) is 0 Å². The van der Waals surface area contributed by atoms with E-state index in [0.29, 0.717) is 22.6 Å². The molecular formula is C16H22Cl2FIN4O. The van der Waals surface area contributed by atoms with Gasteiger partial charge in [-0.1, -0.05) is 23.2 Å². The highest BCUT2D eigenvalue weighted by Crippen LogP contribution is 2.28. The van der Waals surface area contributed by atoms with Crippen molar-refractivity contribution in [1.29, 1.82) is 0 Å². The van der Waals surface area contributed by atoms with Crippen LogP contribution >= 0.6 is 47.2 Å². The molecule has 1 aromatic carbocycles. The van der Waals surface area contributed by atoms with E-state index in [2.05, 4.69) is 15.6 Å². The number of rotatable bonds is 5. The molecule has 2 rings (SSSR count). The predicted molar refractivity (Wildman–Crippen MR) is 111 cm³/mol. The van der Waals surface area contributed by atoms with Gasteiger partial charge in [0.05, 0.1) is 11.1 Å². The summed E-state index contributed by atoms with van der Waals surface area (Å²) in [7, 11) is 3.36. The first-order chi connectivity index (χ1) is 11.3. The topological polar surface area (TPSA) is 56.7 Å². The third kappa shape index (κ3) is 6.79. The summed E-state index contributed by atoms with van der Waals surface area (Å²) in [6, 6.07) is 2.74. The van der Waals surface area contributed by atoms with Crippen LogP contribution in [0.1, 0.15) is 31.4 Å². The van der Waals surface area contributed by atoms with Gasteiger partial charge in [-0.05, 0) is 37.5 Å². The van der Waals surface area contributed by atoms with Crippen molar-refractivity contribution in [3.8, 4) is 0 Å². The molecule has 0 aromatic heterocycles.